The van der Waals surface area contributed by atoms with Gasteiger partial charge in [-0.3, -0.25) is 0 Å². The first-order valence-corrected chi connectivity index (χ1v) is 7.72. The van der Waals surface area contributed by atoms with Gasteiger partial charge in [-0.15, -0.1) is 11.3 Å². The van der Waals surface area contributed by atoms with E-state index in [4.69, 9.17) is 12.2 Å². The van der Waals surface area contributed by atoms with Crippen LogP contribution in [-0.4, -0.2) is 28.6 Å². The first-order chi connectivity index (χ1) is 9.49. The summed E-state index contributed by atoms with van der Waals surface area (Å²) < 4.78 is 1.21. The lowest BCUT2D eigenvalue weighted by atomic mass is 10.3. The van der Waals surface area contributed by atoms with Gasteiger partial charge >= 0.3 is 0 Å². The van der Waals surface area contributed by atoms with E-state index in [1.165, 1.54) is 4.70 Å². The lowest BCUT2D eigenvalue weighted by Gasteiger charge is -2.26. The zero-order chi connectivity index (χ0) is 14.7. The van der Waals surface area contributed by atoms with E-state index in [2.05, 4.69) is 29.9 Å². The van der Waals surface area contributed by atoms with Crippen molar-refractivity contribution in [3.05, 3.63) is 41.4 Å². The van der Waals surface area contributed by atoms with Crippen molar-refractivity contribution >= 4 is 38.9 Å². The van der Waals surface area contributed by atoms with Crippen LogP contribution >= 0.6 is 23.6 Å². The van der Waals surface area contributed by atoms with E-state index < -0.39 is 0 Å². The SMILES string of the molecule is C=C(C)CNC(=S)N(C)[C@H](C)c1nc2ccccc2s1. The molecule has 3 nitrogen and oxygen atoms in total. The minimum absolute atomic E-state index is 0.150. The highest BCUT2D eigenvalue weighted by Crippen LogP contribution is 2.28. The van der Waals surface area contributed by atoms with Crippen LogP contribution in [-0.2, 0) is 0 Å². The minimum atomic E-state index is 0.150. The number of nitrogens with zero attached hydrogens (tertiary/aromatic N) is 2. The topological polar surface area (TPSA) is 28.2 Å². The molecule has 5 heteroatoms. The standard InChI is InChI=1S/C15H19N3S2/c1-10(2)9-16-15(19)18(4)11(3)14-17-12-7-5-6-8-13(12)20-14/h5-8,11H,1,9H2,2-4H3,(H,16,19)/t11-/m1/s1. The monoisotopic (exact) mass is 305 g/mol. The van der Waals surface area contributed by atoms with Gasteiger partial charge in [-0.1, -0.05) is 24.3 Å². The predicted molar refractivity (Wildman–Crippen MR) is 91.2 cm³/mol. The van der Waals surface area contributed by atoms with E-state index in [9.17, 15) is 0 Å². The Morgan fingerprint density at radius 1 is 1.50 bits per heavy atom. The van der Waals surface area contributed by atoms with E-state index in [0.29, 0.717) is 6.54 Å². The number of rotatable bonds is 4. The Hall–Kier alpha value is -1.46. The van der Waals surface area contributed by atoms with Crippen molar-refractivity contribution in [2.75, 3.05) is 13.6 Å². The van der Waals surface area contributed by atoms with Gasteiger partial charge in [-0.25, -0.2) is 4.98 Å². The van der Waals surface area contributed by atoms with E-state index in [1.54, 1.807) is 11.3 Å². The smallest absolute Gasteiger partial charge is 0.169 e. The number of benzene rings is 1. The van der Waals surface area contributed by atoms with E-state index >= 15 is 0 Å². The molecule has 0 bridgehead atoms. The summed E-state index contributed by atoms with van der Waals surface area (Å²) in [5.74, 6) is 0. The van der Waals surface area contributed by atoms with Gasteiger partial charge in [0, 0.05) is 13.6 Å². The molecule has 2 aromatic rings. The molecule has 0 aliphatic carbocycles. The highest BCUT2D eigenvalue weighted by atomic mass is 32.1. The lowest BCUT2D eigenvalue weighted by molar-refractivity contribution is 0.396. The molecule has 2 rings (SSSR count). The molecule has 0 aliphatic rings. The van der Waals surface area contributed by atoms with Gasteiger partial charge in [0.1, 0.15) is 5.01 Å². The molecule has 0 fully saturated rings. The maximum Gasteiger partial charge on any atom is 0.169 e. The van der Waals surface area contributed by atoms with Crippen LogP contribution in [0.25, 0.3) is 10.2 Å². The number of fused-ring (bicyclic) bond motifs is 1. The molecule has 0 amide bonds. The lowest BCUT2D eigenvalue weighted by Crippen LogP contribution is -2.39. The Morgan fingerprint density at radius 2 is 2.20 bits per heavy atom. The number of thiazole rings is 1. The van der Waals surface area contributed by atoms with E-state index in [-0.39, 0.29) is 6.04 Å². The summed E-state index contributed by atoms with van der Waals surface area (Å²) in [6.07, 6.45) is 0. The molecule has 0 radical (unpaired) electrons. The first kappa shape index (κ1) is 14.9. The van der Waals surface area contributed by atoms with Crippen molar-refractivity contribution in [3.8, 4) is 0 Å². The largest absolute Gasteiger partial charge is 0.359 e. The summed E-state index contributed by atoms with van der Waals surface area (Å²) in [5.41, 5.74) is 2.11. The second-order valence-corrected chi connectivity index (χ2v) is 6.37. The molecule has 20 heavy (non-hydrogen) atoms. The first-order valence-electron chi connectivity index (χ1n) is 6.49. The highest BCUT2D eigenvalue weighted by Gasteiger charge is 2.18. The van der Waals surface area contributed by atoms with Crippen LogP contribution in [0.15, 0.2) is 36.4 Å². The van der Waals surface area contributed by atoms with Crippen molar-refractivity contribution < 1.29 is 0 Å². The quantitative estimate of drug-likeness (QED) is 0.688. The van der Waals surface area contributed by atoms with Crippen LogP contribution in [0.1, 0.15) is 24.9 Å². The van der Waals surface area contributed by atoms with E-state index in [0.717, 1.165) is 21.2 Å². The third kappa shape index (κ3) is 3.35. The van der Waals surface area contributed by atoms with Gasteiger partial charge in [0.25, 0.3) is 0 Å². The maximum atomic E-state index is 5.40. The molecule has 0 saturated carbocycles. The molecule has 1 aromatic heterocycles. The van der Waals surface area contributed by atoms with Crippen molar-refractivity contribution in [1.29, 1.82) is 0 Å². The minimum Gasteiger partial charge on any atom is -0.359 e. The van der Waals surface area contributed by atoms with Crippen LogP contribution in [0.5, 0.6) is 0 Å². The van der Waals surface area contributed by atoms with Gasteiger partial charge in [0.05, 0.1) is 16.3 Å². The Balaban J connectivity index is 2.11. The molecule has 0 aliphatic heterocycles. The Bertz CT molecular complexity index is 600. The Labute approximate surface area is 129 Å². The molecule has 0 unspecified atom stereocenters. The van der Waals surface area contributed by atoms with Crippen LogP contribution in [0, 0.1) is 0 Å². The fourth-order valence-electron chi connectivity index (χ4n) is 1.76. The number of hydrogen-bond donors (Lipinski definition) is 1. The van der Waals surface area contributed by atoms with Crippen LogP contribution in [0.2, 0.25) is 0 Å². The van der Waals surface area contributed by atoms with Gasteiger partial charge in [0.2, 0.25) is 0 Å². The third-order valence-corrected chi connectivity index (χ3v) is 4.75. The molecule has 106 valence electrons. The van der Waals surface area contributed by atoms with Crippen LogP contribution in [0.3, 0.4) is 0 Å². The van der Waals surface area contributed by atoms with Crippen molar-refractivity contribution in [2.45, 2.75) is 19.9 Å². The second kappa shape index (κ2) is 6.33. The number of para-hydroxylation sites is 1. The summed E-state index contributed by atoms with van der Waals surface area (Å²) in [4.78, 5) is 6.72. The fraction of sp³-hybridized carbons (Fsp3) is 0.333. The Morgan fingerprint density at radius 3 is 2.85 bits per heavy atom. The van der Waals surface area contributed by atoms with Gasteiger partial charge in [0.15, 0.2) is 5.11 Å². The highest BCUT2D eigenvalue weighted by molar-refractivity contribution is 7.80. The number of thiocarbonyl (C=S) groups is 1. The summed E-state index contributed by atoms with van der Waals surface area (Å²) in [6, 6.07) is 8.34. The zero-order valence-corrected chi connectivity index (χ0v) is 13.6. The Kier molecular flexibility index (Phi) is 4.73. The van der Waals surface area contributed by atoms with Gasteiger partial charge in [-0.2, -0.15) is 0 Å². The maximum absolute atomic E-state index is 5.40. The average Bonchev–Trinajstić information content (AvgIpc) is 2.86. The predicted octanol–water partition coefficient (Wildman–Crippen LogP) is 3.74. The molecule has 1 N–H and O–H groups in total. The number of aromatic nitrogens is 1. The third-order valence-electron chi connectivity index (χ3n) is 3.11. The van der Waals surface area contributed by atoms with E-state index in [1.807, 2.05) is 37.1 Å². The van der Waals surface area contributed by atoms with Gasteiger partial charge < -0.3 is 10.2 Å². The fourth-order valence-corrected chi connectivity index (χ4v) is 3.05. The van der Waals surface area contributed by atoms with Crippen LogP contribution < -0.4 is 5.32 Å². The normalized spacial score (nSPS) is 12.2. The summed E-state index contributed by atoms with van der Waals surface area (Å²) in [5, 5.41) is 5.00. The van der Waals surface area contributed by atoms with Crippen molar-refractivity contribution in [2.24, 2.45) is 0 Å². The zero-order valence-electron chi connectivity index (χ0n) is 12.0. The summed E-state index contributed by atoms with van der Waals surface area (Å²) >= 11 is 7.12. The van der Waals surface area contributed by atoms with Crippen molar-refractivity contribution in [3.63, 3.8) is 0 Å². The number of hydrogen-bond acceptors (Lipinski definition) is 3. The molecule has 0 saturated heterocycles. The second-order valence-electron chi connectivity index (χ2n) is 4.92. The summed E-state index contributed by atoms with van der Waals surface area (Å²) in [7, 11) is 1.99. The molecule has 1 heterocycles. The van der Waals surface area contributed by atoms with Crippen molar-refractivity contribution in [1.82, 2.24) is 15.2 Å². The van der Waals surface area contributed by atoms with Gasteiger partial charge in [-0.05, 0) is 38.2 Å². The number of nitrogens with one attached hydrogen (secondary N) is 1. The molecular weight excluding hydrogens is 286 g/mol. The molecule has 1 atom stereocenters. The molecular formula is C15H19N3S2. The molecule has 0 spiro atoms. The average molecular weight is 305 g/mol. The molecule has 1 aromatic carbocycles. The van der Waals surface area contributed by atoms with Crippen LogP contribution in [0.4, 0.5) is 0 Å². The summed E-state index contributed by atoms with van der Waals surface area (Å²) in [6.45, 7) is 8.67.